The summed E-state index contributed by atoms with van der Waals surface area (Å²) in [6.45, 7) is 3.91. The van der Waals surface area contributed by atoms with Crippen molar-refractivity contribution in [3.63, 3.8) is 0 Å². The van der Waals surface area contributed by atoms with Crippen LogP contribution in [0.2, 0.25) is 0 Å². The van der Waals surface area contributed by atoms with E-state index in [4.69, 9.17) is 0 Å². The number of benzene rings is 1. The molecule has 2 saturated heterocycles. The van der Waals surface area contributed by atoms with Crippen LogP contribution in [0.3, 0.4) is 0 Å². The molecule has 2 atom stereocenters. The molecule has 1 amide bonds. The Bertz CT molecular complexity index is 667. The predicted octanol–water partition coefficient (Wildman–Crippen LogP) is 1.94. The molecule has 2 fully saturated rings. The third-order valence-corrected chi connectivity index (χ3v) is 5.20. The Morgan fingerprint density at radius 3 is 2.48 bits per heavy atom. The van der Waals surface area contributed by atoms with E-state index in [1.165, 1.54) is 0 Å². The van der Waals surface area contributed by atoms with E-state index in [1.54, 1.807) is 12.5 Å². The number of carbonyl (C=O) groups is 1. The molecule has 2 aliphatic rings. The van der Waals surface area contributed by atoms with Crippen LogP contribution in [-0.2, 0) is 0 Å². The summed E-state index contributed by atoms with van der Waals surface area (Å²) in [5.41, 5.74) is 1.63. The Morgan fingerprint density at radius 2 is 1.78 bits per heavy atom. The number of aromatic nitrogens is 2. The highest BCUT2D eigenvalue weighted by molar-refractivity contribution is 5.93. The lowest BCUT2D eigenvalue weighted by Crippen LogP contribution is -2.34. The van der Waals surface area contributed by atoms with Gasteiger partial charge in [0.2, 0.25) is 0 Å². The van der Waals surface area contributed by atoms with E-state index in [9.17, 15) is 4.79 Å². The van der Waals surface area contributed by atoms with E-state index >= 15 is 0 Å². The fourth-order valence-corrected chi connectivity index (χ4v) is 3.83. The molecule has 1 N–H and O–H groups in total. The largest absolute Gasteiger partial charge is 0.337 e. The van der Waals surface area contributed by atoms with Gasteiger partial charge in [0.15, 0.2) is 0 Å². The fraction of sp³-hybridized carbons (Fsp3) is 0.444. The molecule has 2 aromatic rings. The maximum absolute atomic E-state index is 13.0. The predicted molar refractivity (Wildman–Crippen MR) is 88.6 cm³/mol. The van der Waals surface area contributed by atoms with Crippen molar-refractivity contribution in [2.24, 2.45) is 11.8 Å². The van der Waals surface area contributed by atoms with E-state index in [2.05, 4.69) is 10.3 Å². The molecule has 5 heteroatoms. The average molecular weight is 310 g/mol. The van der Waals surface area contributed by atoms with Crippen LogP contribution in [0, 0.1) is 11.8 Å². The van der Waals surface area contributed by atoms with Crippen LogP contribution in [0.4, 0.5) is 0 Å². The first-order valence-corrected chi connectivity index (χ1v) is 8.40. The van der Waals surface area contributed by atoms with Crippen molar-refractivity contribution in [2.75, 3.05) is 26.2 Å². The third-order valence-electron chi connectivity index (χ3n) is 5.20. The quantitative estimate of drug-likeness (QED) is 0.922. The van der Waals surface area contributed by atoms with Gasteiger partial charge in [0, 0.05) is 18.8 Å². The summed E-state index contributed by atoms with van der Waals surface area (Å²) in [5, 5.41) is 3.48. The number of hydrogen-bond donors (Lipinski definition) is 1. The Balaban J connectivity index is 1.55. The number of imidazole rings is 1. The molecule has 0 saturated carbocycles. The van der Waals surface area contributed by atoms with Gasteiger partial charge < -0.3 is 10.2 Å². The fourth-order valence-electron chi connectivity index (χ4n) is 3.83. The van der Waals surface area contributed by atoms with Crippen molar-refractivity contribution >= 4 is 5.91 Å². The normalized spacial score (nSPS) is 24.3. The number of likely N-dealkylation sites (tertiary alicyclic amines) is 1. The van der Waals surface area contributed by atoms with Gasteiger partial charge in [-0.2, -0.15) is 0 Å². The van der Waals surface area contributed by atoms with Gasteiger partial charge in [-0.1, -0.05) is 18.2 Å². The monoisotopic (exact) mass is 310 g/mol. The van der Waals surface area contributed by atoms with E-state index < -0.39 is 0 Å². The van der Waals surface area contributed by atoms with Gasteiger partial charge in [0.25, 0.3) is 5.91 Å². The molecule has 5 nitrogen and oxygen atoms in total. The van der Waals surface area contributed by atoms with E-state index in [0.29, 0.717) is 5.69 Å². The SMILES string of the molecule is O=C(c1cncn1-c1ccccc1)N1CC[C@@H]2CNC[C@@H]2CC1. The van der Waals surface area contributed by atoms with Crippen molar-refractivity contribution < 1.29 is 4.79 Å². The first-order chi connectivity index (χ1) is 11.3. The Hall–Kier alpha value is -2.14. The number of nitrogens with zero attached hydrogens (tertiary/aromatic N) is 3. The Morgan fingerprint density at radius 1 is 1.09 bits per heavy atom. The zero-order valence-corrected chi connectivity index (χ0v) is 13.2. The minimum absolute atomic E-state index is 0.0966. The lowest BCUT2D eigenvalue weighted by Gasteiger charge is -2.21. The Labute approximate surface area is 136 Å². The summed E-state index contributed by atoms with van der Waals surface area (Å²) in [4.78, 5) is 19.2. The molecular formula is C18H22N4O. The van der Waals surface area contributed by atoms with Gasteiger partial charge in [-0.25, -0.2) is 4.98 Å². The van der Waals surface area contributed by atoms with Crippen LogP contribution in [0.15, 0.2) is 42.9 Å². The lowest BCUT2D eigenvalue weighted by molar-refractivity contribution is 0.0750. The number of nitrogens with one attached hydrogen (secondary N) is 1. The van der Waals surface area contributed by atoms with Gasteiger partial charge in [-0.05, 0) is 49.9 Å². The van der Waals surface area contributed by atoms with Gasteiger partial charge in [0.1, 0.15) is 5.69 Å². The second kappa shape index (κ2) is 6.16. The average Bonchev–Trinajstić information content (AvgIpc) is 3.21. The highest BCUT2D eigenvalue weighted by atomic mass is 16.2. The van der Waals surface area contributed by atoms with Crippen molar-refractivity contribution in [1.29, 1.82) is 0 Å². The highest BCUT2D eigenvalue weighted by Crippen LogP contribution is 2.27. The van der Waals surface area contributed by atoms with Crippen LogP contribution in [0.5, 0.6) is 0 Å². The van der Waals surface area contributed by atoms with E-state index in [0.717, 1.165) is 56.5 Å². The van der Waals surface area contributed by atoms with Gasteiger partial charge in [0.05, 0.1) is 12.5 Å². The number of fused-ring (bicyclic) bond motifs is 1. The molecule has 3 heterocycles. The summed E-state index contributed by atoms with van der Waals surface area (Å²) in [5.74, 6) is 1.55. The van der Waals surface area contributed by atoms with Crippen molar-refractivity contribution in [3.8, 4) is 5.69 Å². The van der Waals surface area contributed by atoms with E-state index in [-0.39, 0.29) is 5.91 Å². The summed E-state index contributed by atoms with van der Waals surface area (Å²) in [6, 6.07) is 9.92. The molecule has 0 aliphatic carbocycles. The second-order valence-corrected chi connectivity index (χ2v) is 6.53. The van der Waals surface area contributed by atoms with Crippen molar-refractivity contribution in [3.05, 3.63) is 48.5 Å². The number of amides is 1. The zero-order chi connectivity index (χ0) is 15.6. The first-order valence-electron chi connectivity index (χ1n) is 8.40. The second-order valence-electron chi connectivity index (χ2n) is 6.53. The summed E-state index contributed by atoms with van der Waals surface area (Å²) < 4.78 is 1.88. The maximum Gasteiger partial charge on any atom is 0.272 e. The Kier molecular flexibility index (Phi) is 3.87. The van der Waals surface area contributed by atoms with Gasteiger partial charge in [-0.15, -0.1) is 0 Å². The van der Waals surface area contributed by atoms with Crippen molar-refractivity contribution in [2.45, 2.75) is 12.8 Å². The first kappa shape index (κ1) is 14.5. The maximum atomic E-state index is 13.0. The zero-order valence-electron chi connectivity index (χ0n) is 13.2. The van der Waals surface area contributed by atoms with Crippen LogP contribution >= 0.6 is 0 Å². The molecule has 0 bridgehead atoms. The van der Waals surface area contributed by atoms with Crippen LogP contribution in [-0.4, -0.2) is 46.5 Å². The molecule has 120 valence electrons. The lowest BCUT2D eigenvalue weighted by atomic mass is 9.92. The van der Waals surface area contributed by atoms with Crippen molar-refractivity contribution in [1.82, 2.24) is 19.8 Å². The van der Waals surface area contributed by atoms with Gasteiger partial charge >= 0.3 is 0 Å². The summed E-state index contributed by atoms with van der Waals surface area (Å²) >= 11 is 0. The minimum atomic E-state index is 0.0966. The van der Waals surface area contributed by atoms with E-state index in [1.807, 2.05) is 39.8 Å². The third kappa shape index (κ3) is 2.77. The van der Waals surface area contributed by atoms with Crippen LogP contribution in [0.1, 0.15) is 23.3 Å². The summed E-state index contributed by atoms with van der Waals surface area (Å²) in [6.07, 6.45) is 5.60. The van der Waals surface area contributed by atoms with Crippen LogP contribution < -0.4 is 5.32 Å². The minimum Gasteiger partial charge on any atom is -0.337 e. The molecule has 0 radical (unpaired) electrons. The van der Waals surface area contributed by atoms with Crippen LogP contribution in [0.25, 0.3) is 5.69 Å². The molecular weight excluding hydrogens is 288 g/mol. The number of hydrogen-bond acceptors (Lipinski definition) is 3. The smallest absolute Gasteiger partial charge is 0.272 e. The molecule has 0 unspecified atom stereocenters. The molecule has 1 aromatic carbocycles. The number of carbonyl (C=O) groups excluding carboxylic acids is 1. The number of rotatable bonds is 2. The molecule has 4 rings (SSSR count). The number of para-hydroxylation sites is 1. The molecule has 0 spiro atoms. The topological polar surface area (TPSA) is 50.2 Å². The molecule has 2 aliphatic heterocycles. The summed E-state index contributed by atoms with van der Waals surface area (Å²) in [7, 11) is 0. The standard InChI is InChI=1S/C18H22N4O/c23-18(21-8-6-14-10-19-11-15(14)7-9-21)17-12-20-13-22(17)16-4-2-1-3-5-16/h1-5,12-15,19H,6-11H2/t14-,15+. The molecule has 1 aromatic heterocycles. The molecule has 23 heavy (non-hydrogen) atoms. The highest BCUT2D eigenvalue weighted by Gasteiger charge is 2.32. The van der Waals surface area contributed by atoms with Gasteiger partial charge in [-0.3, -0.25) is 9.36 Å².